The van der Waals surface area contributed by atoms with Crippen molar-refractivity contribution >= 4 is 11.8 Å². The molecule has 1 heterocycles. The van der Waals surface area contributed by atoms with Gasteiger partial charge in [-0.2, -0.15) is 4.98 Å². The molecule has 146 valence electrons. The van der Waals surface area contributed by atoms with Crippen molar-refractivity contribution in [1.29, 1.82) is 0 Å². The molecule has 0 amide bonds. The van der Waals surface area contributed by atoms with Gasteiger partial charge in [0.15, 0.2) is 11.6 Å². The predicted octanol–water partition coefficient (Wildman–Crippen LogP) is 3.79. The molecule has 1 aromatic heterocycles. The molecule has 2 rings (SSSR count). The van der Waals surface area contributed by atoms with Crippen LogP contribution in [-0.2, 0) is 6.42 Å². The van der Waals surface area contributed by atoms with Crippen molar-refractivity contribution in [1.82, 2.24) is 9.97 Å². The fourth-order valence-corrected chi connectivity index (χ4v) is 2.83. The molecular formula is C21H30N4O2. The highest BCUT2D eigenvalue weighted by Crippen LogP contribution is 2.22. The van der Waals surface area contributed by atoms with Crippen LogP contribution in [0.3, 0.4) is 0 Å². The van der Waals surface area contributed by atoms with Gasteiger partial charge in [-0.05, 0) is 43.4 Å². The predicted molar refractivity (Wildman–Crippen MR) is 110 cm³/mol. The van der Waals surface area contributed by atoms with Crippen molar-refractivity contribution in [3.8, 4) is 5.75 Å². The van der Waals surface area contributed by atoms with Crippen LogP contribution in [0.5, 0.6) is 5.75 Å². The highest BCUT2D eigenvalue weighted by Gasteiger charge is 2.07. The van der Waals surface area contributed by atoms with Crippen LogP contribution in [0, 0.1) is 5.92 Å². The van der Waals surface area contributed by atoms with Gasteiger partial charge in [0.2, 0.25) is 5.95 Å². The maximum atomic E-state index is 9.15. The molecule has 0 aliphatic carbocycles. The molecule has 0 saturated heterocycles. The van der Waals surface area contributed by atoms with E-state index in [0.29, 0.717) is 24.1 Å². The first-order chi connectivity index (χ1) is 13.2. The SMILES string of the molecule is CCC[C@H](/C=C/Nc1nc(N)ncc1OCCCc1ccccc1)CCO. The van der Waals surface area contributed by atoms with Crippen LogP contribution in [0.2, 0.25) is 0 Å². The number of aliphatic hydroxyl groups is 1. The van der Waals surface area contributed by atoms with Crippen LogP contribution in [0.15, 0.2) is 48.8 Å². The van der Waals surface area contributed by atoms with Gasteiger partial charge in [-0.25, -0.2) is 4.98 Å². The van der Waals surface area contributed by atoms with Crippen LogP contribution in [0.1, 0.15) is 38.2 Å². The number of aryl methyl sites for hydroxylation is 1. The summed E-state index contributed by atoms with van der Waals surface area (Å²) in [5.74, 6) is 1.67. The molecule has 0 saturated carbocycles. The van der Waals surface area contributed by atoms with Gasteiger partial charge in [0, 0.05) is 6.61 Å². The second kappa shape index (κ2) is 11.9. The van der Waals surface area contributed by atoms with Gasteiger partial charge in [-0.1, -0.05) is 49.8 Å². The van der Waals surface area contributed by atoms with E-state index in [4.69, 9.17) is 15.6 Å². The van der Waals surface area contributed by atoms with Crippen molar-refractivity contribution < 1.29 is 9.84 Å². The third-order valence-corrected chi connectivity index (χ3v) is 4.23. The molecule has 2 aromatic rings. The second-order valence-electron chi connectivity index (χ2n) is 6.44. The fraction of sp³-hybridized carbons (Fsp3) is 0.429. The maximum absolute atomic E-state index is 9.15. The van der Waals surface area contributed by atoms with Crippen molar-refractivity contribution in [3.05, 3.63) is 54.4 Å². The third kappa shape index (κ3) is 7.66. The topological polar surface area (TPSA) is 93.3 Å². The van der Waals surface area contributed by atoms with Gasteiger partial charge in [-0.15, -0.1) is 0 Å². The lowest BCUT2D eigenvalue weighted by Gasteiger charge is -2.12. The van der Waals surface area contributed by atoms with Crippen molar-refractivity contribution in [2.45, 2.75) is 39.0 Å². The first-order valence-corrected chi connectivity index (χ1v) is 9.56. The van der Waals surface area contributed by atoms with E-state index in [-0.39, 0.29) is 12.6 Å². The Morgan fingerprint density at radius 2 is 2.07 bits per heavy atom. The summed E-state index contributed by atoms with van der Waals surface area (Å²) in [7, 11) is 0. The van der Waals surface area contributed by atoms with Gasteiger partial charge in [-0.3, -0.25) is 0 Å². The largest absolute Gasteiger partial charge is 0.488 e. The number of benzene rings is 1. The molecule has 0 aliphatic heterocycles. The normalized spacial score (nSPS) is 12.2. The number of nitrogens with zero attached hydrogens (tertiary/aromatic N) is 2. The van der Waals surface area contributed by atoms with Crippen molar-refractivity contribution in [2.24, 2.45) is 5.92 Å². The first-order valence-electron chi connectivity index (χ1n) is 9.56. The zero-order chi connectivity index (χ0) is 19.3. The van der Waals surface area contributed by atoms with Crippen LogP contribution in [0.4, 0.5) is 11.8 Å². The summed E-state index contributed by atoms with van der Waals surface area (Å²) in [6.07, 6.45) is 10.2. The molecule has 6 heteroatoms. The second-order valence-corrected chi connectivity index (χ2v) is 6.44. The number of nitrogen functional groups attached to an aromatic ring is 1. The Morgan fingerprint density at radius 3 is 2.81 bits per heavy atom. The Morgan fingerprint density at radius 1 is 1.26 bits per heavy atom. The van der Waals surface area contributed by atoms with E-state index in [1.165, 1.54) is 5.56 Å². The molecule has 27 heavy (non-hydrogen) atoms. The Bertz CT molecular complexity index is 686. The molecule has 0 unspecified atom stereocenters. The summed E-state index contributed by atoms with van der Waals surface area (Å²) in [6, 6.07) is 10.3. The van der Waals surface area contributed by atoms with Gasteiger partial charge in [0.05, 0.1) is 12.8 Å². The number of hydrogen-bond acceptors (Lipinski definition) is 6. The average molecular weight is 370 g/mol. The van der Waals surface area contributed by atoms with E-state index >= 15 is 0 Å². The lowest BCUT2D eigenvalue weighted by atomic mass is 10.0. The van der Waals surface area contributed by atoms with E-state index in [2.05, 4.69) is 40.4 Å². The standard InChI is InChI=1S/C21H30N4O2/c1-2-7-17(12-14-26)11-13-23-20-19(16-24-21(22)25-20)27-15-6-10-18-8-4-3-5-9-18/h3-5,8-9,11,13,16-17,26H,2,6-7,10,12,14-15H2,1H3,(H3,22,23,24,25)/b13-11+/t17-/m1/s1. The highest BCUT2D eigenvalue weighted by molar-refractivity contribution is 5.52. The van der Waals surface area contributed by atoms with E-state index < -0.39 is 0 Å². The minimum Gasteiger partial charge on any atom is -0.488 e. The zero-order valence-corrected chi connectivity index (χ0v) is 16.0. The highest BCUT2D eigenvalue weighted by atomic mass is 16.5. The van der Waals surface area contributed by atoms with E-state index in [0.717, 1.165) is 32.1 Å². The summed E-state index contributed by atoms with van der Waals surface area (Å²) < 4.78 is 5.85. The minimum atomic E-state index is 0.186. The molecule has 1 atom stereocenters. The first kappa shape index (κ1) is 20.7. The monoisotopic (exact) mass is 370 g/mol. The summed E-state index contributed by atoms with van der Waals surface area (Å²) >= 11 is 0. The molecule has 0 bridgehead atoms. The minimum absolute atomic E-state index is 0.186. The Labute approximate surface area is 161 Å². The number of allylic oxidation sites excluding steroid dienone is 1. The lowest BCUT2D eigenvalue weighted by molar-refractivity contribution is 0.266. The number of hydrogen-bond donors (Lipinski definition) is 3. The smallest absolute Gasteiger partial charge is 0.222 e. The van der Waals surface area contributed by atoms with E-state index in [1.807, 2.05) is 24.4 Å². The molecule has 0 aliphatic rings. The van der Waals surface area contributed by atoms with E-state index in [9.17, 15) is 0 Å². The van der Waals surface area contributed by atoms with Crippen LogP contribution < -0.4 is 15.8 Å². The number of aromatic nitrogens is 2. The lowest BCUT2D eigenvalue weighted by Crippen LogP contribution is -2.06. The van der Waals surface area contributed by atoms with E-state index in [1.54, 1.807) is 6.20 Å². The molecular weight excluding hydrogens is 340 g/mol. The van der Waals surface area contributed by atoms with Crippen molar-refractivity contribution in [3.63, 3.8) is 0 Å². The summed E-state index contributed by atoms with van der Waals surface area (Å²) in [5.41, 5.74) is 7.00. The quantitative estimate of drug-likeness (QED) is 0.492. The number of ether oxygens (including phenoxy) is 1. The Hall–Kier alpha value is -2.60. The molecule has 4 N–H and O–H groups in total. The number of nitrogens with two attached hydrogens (primary N) is 1. The van der Waals surface area contributed by atoms with Crippen LogP contribution in [0.25, 0.3) is 0 Å². The van der Waals surface area contributed by atoms with Gasteiger partial charge < -0.3 is 20.9 Å². The summed E-state index contributed by atoms with van der Waals surface area (Å²) in [6.45, 7) is 2.90. The maximum Gasteiger partial charge on any atom is 0.222 e. The van der Waals surface area contributed by atoms with Crippen molar-refractivity contribution in [2.75, 3.05) is 24.3 Å². The fourth-order valence-electron chi connectivity index (χ4n) is 2.83. The van der Waals surface area contributed by atoms with Gasteiger partial charge in [0.1, 0.15) is 0 Å². The van der Waals surface area contributed by atoms with Gasteiger partial charge in [0.25, 0.3) is 0 Å². The number of anilines is 2. The Kier molecular flexibility index (Phi) is 9.13. The average Bonchev–Trinajstić information content (AvgIpc) is 2.68. The number of nitrogens with one attached hydrogen (secondary N) is 1. The zero-order valence-electron chi connectivity index (χ0n) is 16.0. The third-order valence-electron chi connectivity index (χ3n) is 4.23. The Balaban J connectivity index is 1.89. The van der Waals surface area contributed by atoms with Crippen LogP contribution in [-0.4, -0.2) is 28.3 Å². The summed E-state index contributed by atoms with van der Waals surface area (Å²) in [4.78, 5) is 8.25. The molecule has 0 spiro atoms. The number of rotatable bonds is 12. The molecule has 0 fully saturated rings. The molecule has 6 nitrogen and oxygen atoms in total. The van der Waals surface area contributed by atoms with Gasteiger partial charge >= 0.3 is 0 Å². The summed E-state index contributed by atoms with van der Waals surface area (Å²) in [5, 5.41) is 12.3. The van der Waals surface area contributed by atoms with Crippen LogP contribution >= 0.6 is 0 Å². The molecule has 1 aromatic carbocycles. The number of aliphatic hydroxyl groups excluding tert-OH is 1. The molecule has 0 radical (unpaired) electrons.